The fourth-order valence-corrected chi connectivity index (χ4v) is 1.43. The first-order valence-electron chi connectivity index (χ1n) is 6.37. The van der Waals surface area contributed by atoms with Crippen LogP contribution < -0.4 is 0 Å². The average Bonchev–Trinajstić information content (AvgIpc) is 2.10. The van der Waals surface area contributed by atoms with Crippen molar-refractivity contribution in [2.24, 2.45) is 16.7 Å². The van der Waals surface area contributed by atoms with E-state index in [-0.39, 0.29) is 28.3 Å². The summed E-state index contributed by atoms with van der Waals surface area (Å²) in [6, 6.07) is 0. The van der Waals surface area contributed by atoms with Crippen molar-refractivity contribution < 1.29 is 10.2 Å². The van der Waals surface area contributed by atoms with Crippen LogP contribution in [0, 0.1) is 16.7 Å². The standard InChI is InChI=1S/C16H28O2/c1-11(15(3,4)5)9-13(18)10-14(12(2)17)16(6,7)8/h9-11,17-18H,2H2,1,3-8H3/b13-9+,14-10+. The molecule has 0 fully saturated rings. The molecule has 0 aliphatic heterocycles. The molecule has 2 heteroatoms. The van der Waals surface area contributed by atoms with Crippen LogP contribution in [0.2, 0.25) is 0 Å². The van der Waals surface area contributed by atoms with Crippen LogP contribution in [0.15, 0.2) is 35.8 Å². The highest BCUT2D eigenvalue weighted by atomic mass is 16.3. The molecule has 0 bridgehead atoms. The van der Waals surface area contributed by atoms with Gasteiger partial charge in [0.15, 0.2) is 0 Å². The lowest BCUT2D eigenvalue weighted by Gasteiger charge is -2.25. The minimum absolute atomic E-state index is 0.00543. The Morgan fingerprint density at radius 3 is 1.78 bits per heavy atom. The lowest BCUT2D eigenvalue weighted by molar-refractivity contribution is 0.303. The Balaban J connectivity index is 5.28. The van der Waals surface area contributed by atoms with Gasteiger partial charge in [0.05, 0.1) is 0 Å². The van der Waals surface area contributed by atoms with Crippen LogP contribution in [0.5, 0.6) is 0 Å². The molecule has 0 aromatic heterocycles. The van der Waals surface area contributed by atoms with E-state index < -0.39 is 0 Å². The lowest BCUT2D eigenvalue weighted by Crippen LogP contribution is -2.16. The van der Waals surface area contributed by atoms with Gasteiger partial charge in [-0.1, -0.05) is 55.0 Å². The molecule has 0 aromatic carbocycles. The SMILES string of the molecule is C=C(O)/C(=C\C(O)=C/C(C)C(C)(C)C)C(C)(C)C. The van der Waals surface area contributed by atoms with Gasteiger partial charge in [0.2, 0.25) is 0 Å². The smallest absolute Gasteiger partial charge is 0.112 e. The van der Waals surface area contributed by atoms with E-state index in [1.54, 1.807) is 6.08 Å². The summed E-state index contributed by atoms with van der Waals surface area (Å²) in [6.45, 7) is 17.9. The van der Waals surface area contributed by atoms with E-state index >= 15 is 0 Å². The zero-order valence-electron chi connectivity index (χ0n) is 12.8. The predicted octanol–water partition coefficient (Wildman–Crippen LogP) is 5.15. The highest BCUT2D eigenvalue weighted by Crippen LogP contribution is 2.31. The largest absolute Gasteiger partial charge is 0.508 e. The van der Waals surface area contributed by atoms with Crippen LogP contribution in [0.4, 0.5) is 0 Å². The Morgan fingerprint density at radius 1 is 1.06 bits per heavy atom. The molecule has 1 atom stereocenters. The fourth-order valence-electron chi connectivity index (χ4n) is 1.43. The van der Waals surface area contributed by atoms with Gasteiger partial charge in [-0.2, -0.15) is 0 Å². The highest BCUT2D eigenvalue weighted by Gasteiger charge is 2.21. The molecular weight excluding hydrogens is 224 g/mol. The third-order valence-corrected chi connectivity index (χ3v) is 3.20. The van der Waals surface area contributed by atoms with E-state index in [0.717, 1.165) is 0 Å². The maximum Gasteiger partial charge on any atom is 0.112 e. The first kappa shape index (κ1) is 16.8. The molecule has 0 saturated carbocycles. The quantitative estimate of drug-likeness (QED) is 0.538. The Bertz CT molecular complexity index is 360. The Kier molecular flexibility index (Phi) is 5.27. The molecule has 0 aromatic rings. The summed E-state index contributed by atoms with van der Waals surface area (Å²) in [5, 5.41) is 19.6. The van der Waals surface area contributed by atoms with Crippen molar-refractivity contribution in [3.63, 3.8) is 0 Å². The van der Waals surface area contributed by atoms with Crippen molar-refractivity contribution in [3.8, 4) is 0 Å². The van der Waals surface area contributed by atoms with Gasteiger partial charge in [-0.25, -0.2) is 0 Å². The number of aliphatic hydroxyl groups is 2. The van der Waals surface area contributed by atoms with Gasteiger partial charge in [0, 0.05) is 5.57 Å². The molecule has 18 heavy (non-hydrogen) atoms. The van der Waals surface area contributed by atoms with Crippen molar-refractivity contribution in [2.75, 3.05) is 0 Å². The molecule has 0 amide bonds. The molecule has 0 aliphatic carbocycles. The molecular formula is C16H28O2. The van der Waals surface area contributed by atoms with Gasteiger partial charge >= 0.3 is 0 Å². The van der Waals surface area contributed by atoms with Gasteiger partial charge in [-0.3, -0.25) is 0 Å². The van der Waals surface area contributed by atoms with Crippen molar-refractivity contribution in [2.45, 2.75) is 48.5 Å². The highest BCUT2D eigenvalue weighted by molar-refractivity contribution is 5.33. The van der Waals surface area contributed by atoms with Crippen LogP contribution in [0.25, 0.3) is 0 Å². The number of hydrogen-bond donors (Lipinski definition) is 2. The zero-order valence-corrected chi connectivity index (χ0v) is 12.8. The molecule has 0 saturated heterocycles. The Hall–Kier alpha value is -1.18. The van der Waals surface area contributed by atoms with Crippen molar-refractivity contribution >= 4 is 0 Å². The Labute approximate surface area is 112 Å². The Morgan fingerprint density at radius 2 is 1.50 bits per heavy atom. The molecule has 1 unspecified atom stereocenters. The third-order valence-electron chi connectivity index (χ3n) is 3.20. The normalized spacial score (nSPS) is 16.6. The minimum Gasteiger partial charge on any atom is -0.508 e. The number of hydrogen-bond acceptors (Lipinski definition) is 2. The molecule has 2 N–H and O–H groups in total. The summed E-state index contributed by atoms with van der Waals surface area (Å²) < 4.78 is 0. The summed E-state index contributed by atoms with van der Waals surface area (Å²) in [5.41, 5.74) is 0.496. The summed E-state index contributed by atoms with van der Waals surface area (Å²) in [7, 11) is 0. The second kappa shape index (κ2) is 5.64. The van der Waals surface area contributed by atoms with E-state index in [0.29, 0.717) is 5.57 Å². The van der Waals surface area contributed by atoms with Gasteiger partial charge < -0.3 is 10.2 Å². The van der Waals surface area contributed by atoms with Gasteiger partial charge in [0.1, 0.15) is 11.5 Å². The van der Waals surface area contributed by atoms with Gasteiger partial charge in [-0.05, 0) is 28.9 Å². The zero-order chi connectivity index (χ0) is 14.7. The second-order valence-corrected chi connectivity index (χ2v) is 7.00. The first-order chi connectivity index (χ1) is 7.85. The molecule has 0 rings (SSSR count). The monoisotopic (exact) mass is 252 g/mol. The van der Waals surface area contributed by atoms with E-state index in [1.165, 1.54) is 0 Å². The minimum atomic E-state index is -0.251. The van der Waals surface area contributed by atoms with Crippen LogP contribution in [-0.4, -0.2) is 10.2 Å². The van der Waals surface area contributed by atoms with Gasteiger partial charge in [-0.15, -0.1) is 0 Å². The number of allylic oxidation sites excluding steroid dienone is 3. The summed E-state index contributed by atoms with van der Waals surface area (Å²) in [4.78, 5) is 0. The molecule has 2 nitrogen and oxygen atoms in total. The van der Waals surface area contributed by atoms with E-state index in [9.17, 15) is 10.2 Å². The topological polar surface area (TPSA) is 40.5 Å². The molecule has 0 aliphatic rings. The van der Waals surface area contributed by atoms with Crippen molar-refractivity contribution in [1.82, 2.24) is 0 Å². The van der Waals surface area contributed by atoms with E-state index in [2.05, 4.69) is 34.3 Å². The lowest BCUT2D eigenvalue weighted by atomic mass is 9.81. The van der Waals surface area contributed by atoms with Crippen LogP contribution in [-0.2, 0) is 0 Å². The number of aliphatic hydroxyl groups excluding tert-OH is 2. The second-order valence-electron chi connectivity index (χ2n) is 7.00. The number of rotatable bonds is 3. The van der Waals surface area contributed by atoms with Crippen LogP contribution in [0.3, 0.4) is 0 Å². The van der Waals surface area contributed by atoms with Crippen LogP contribution in [0.1, 0.15) is 48.5 Å². The van der Waals surface area contributed by atoms with Crippen molar-refractivity contribution in [1.29, 1.82) is 0 Å². The maximum atomic E-state index is 10.00. The predicted molar refractivity (Wildman–Crippen MR) is 78.6 cm³/mol. The molecule has 0 radical (unpaired) electrons. The third kappa shape index (κ3) is 5.44. The van der Waals surface area contributed by atoms with E-state index in [4.69, 9.17) is 0 Å². The molecule has 0 heterocycles. The maximum absolute atomic E-state index is 10.00. The molecule has 104 valence electrons. The molecule has 0 spiro atoms. The first-order valence-corrected chi connectivity index (χ1v) is 6.37. The van der Waals surface area contributed by atoms with Crippen LogP contribution >= 0.6 is 0 Å². The fraction of sp³-hybridized carbons (Fsp3) is 0.625. The summed E-state index contributed by atoms with van der Waals surface area (Å²) in [6.07, 6.45) is 3.42. The van der Waals surface area contributed by atoms with E-state index in [1.807, 2.05) is 26.8 Å². The van der Waals surface area contributed by atoms with Gasteiger partial charge in [0.25, 0.3) is 0 Å². The average molecular weight is 252 g/mol. The summed E-state index contributed by atoms with van der Waals surface area (Å²) >= 11 is 0. The summed E-state index contributed by atoms with van der Waals surface area (Å²) in [5.74, 6) is 0.422. The van der Waals surface area contributed by atoms with Crippen molar-refractivity contribution in [3.05, 3.63) is 35.8 Å².